The van der Waals surface area contributed by atoms with Crippen LogP contribution in [-0.2, 0) is 4.79 Å². The summed E-state index contributed by atoms with van der Waals surface area (Å²) < 4.78 is 0.725. The number of nitrogens with zero attached hydrogens (tertiary/aromatic N) is 1. The third-order valence-corrected chi connectivity index (χ3v) is 5.45. The first-order chi connectivity index (χ1) is 9.86. The lowest BCUT2D eigenvalue weighted by Crippen LogP contribution is -2.33. The lowest BCUT2D eigenvalue weighted by Gasteiger charge is -2.36. The maximum absolute atomic E-state index is 12.1. The summed E-state index contributed by atoms with van der Waals surface area (Å²) in [5.74, 6) is 0.868. The van der Waals surface area contributed by atoms with Crippen LogP contribution in [0, 0.1) is 17.3 Å². The van der Waals surface area contributed by atoms with Crippen LogP contribution in [0.1, 0.15) is 51.3 Å². The van der Waals surface area contributed by atoms with Crippen molar-refractivity contribution < 1.29 is 4.79 Å². The molecular weight excluding hydrogens is 304 g/mol. The average molecular weight is 327 g/mol. The monoisotopic (exact) mass is 326 g/mol. The molecule has 1 heterocycles. The first kappa shape index (κ1) is 16.5. The van der Waals surface area contributed by atoms with Crippen molar-refractivity contribution in [2.24, 2.45) is 22.4 Å². The van der Waals surface area contributed by atoms with E-state index < -0.39 is 0 Å². The van der Waals surface area contributed by atoms with Crippen molar-refractivity contribution in [2.75, 3.05) is 0 Å². The van der Waals surface area contributed by atoms with Gasteiger partial charge in [0.25, 0.3) is 0 Å². The SMILES string of the molecule is CC(C)(C)C1CCC(C(=O)N/N=C/c2ccc(Cl)s2)CC1. The number of carbonyl (C=O) groups excluding carboxylic acids is 1. The quantitative estimate of drug-likeness (QED) is 0.634. The molecule has 0 saturated heterocycles. The van der Waals surface area contributed by atoms with Gasteiger partial charge in [0.2, 0.25) is 5.91 Å². The van der Waals surface area contributed by atoms with Gasteiger partial charge in [0.05, 0.1) is 10.6 Å². The van der Waals surface area contributed by atoms with Crippen LogP contribution in [0.2, 0.25) is 4.34 Å². The number of rotatable bonds is 3. The number of hydrogen-bond acceptors (Lipinski definition) is 3. The molecule has 0 aliphatic heterocycles. The Labute approximate surface area is 135 Å². The van der Waals surface area contributed by atoms with Crippen molar-refractivity contribution in [1.29, 1.82) is 0 Å². The molecule has 2 rings (SSSR count). The lowest BCUT2D eigenvalue weighted by atomic mass is 9.70. The summed E-state index contributed by atoms with van der Waals surface area (Å²) in [6.07, 6.45) is 5.84. The molecule has 0 atom stereocenters. The maximum Gasteiger partial charge on any atom is 0.243 e. The van der Waals surface area contributed by atoms with Gasteiger partial charge in [-0.15, -0.1) is 11.3 Å². The molecule has 1 aromatic heterocycles. The van der Waals surface area contributed by atoms with E-state index in [1.807, 2.05) is 12.1 Å². The van der Waals surface area contributed by atoms with E-state index >= 15 is 0 Å². The third-order valence-electron chi connectivity index (χ3n) is 4.28. The van der Waals surface area contributed by atoms with Gasteiger partial charge in [0, 0.05) is 10.8 Å². The zero-order valence-corrected chi connectivity index (χ0v) is 14.4. The number of carbonyl (C=O) groups is 1. The van der Waals surface area contributed by atoms with Gasteiger partial charge in [0.15, 0.2) is 0 Å². The second kappa shape index (κ2) is 6.93. The number of thiophene rings is 1. The van der Waals surface area contributed by atoms with Crippen molar-refractivity contribution in [1.82, 2.24) is 5.43 Å². The molecule has 3 nitrogen and oxygen atoms in total. The molecule has 0 aromatic carbocycles. The minimum absolute atomic E-state index is 0.0428. The van der Waals surface area contributed by atoms with Crippen molar-refractivity contribution in [2.45, 2.75) is 46.5 Å². The van der Waals surface area contributed by atoms with Gasteiger partial charge >= 0.3 is 0 Å². The van der Waals surface area contributed by atoms with E-state index in [1.54, 1.807) is 6.21 Å². The van der Waals surface area contributed by atoms with Crippen LogP contribution in [-0.4, -0.2) is 12.1 Å². The van der Waals surface area contributed by atoms with Crippen LogP contribution in [0.25, 0.3) is 0 Å². The highest BCUT2D eigenvalue weighted by Gasteiger charge is 2.32. The second-order valence-corrected chi connectivity index (χ2v) is 8.54. The van der Waals surface area contributed by atoms with E-state index in [1.165, 1.54) is 11.3 Å². The predicted octanol–water partition coefficient (Wildman–Crippen LogP) is 4.70. The number of amides is 1. The fourth-order valence-corrected chi connectivity index (χ4v) is 3.80. The Morgan fingerprint density at radius 3 is 2.52 bits per heavy atom. The normalized spacial score (nSPS) is 23.4. The Morgan fingerprint density at radius 2 is 2.00 bits per heavy atom. The largest absolute Gasteiger partial charge is 0.273 e. The number of halogens is 1. The van der Waals surface area contributed by atoms with E-state index in [-0.39, 0.29) is 11.8 Å². The van der Waals surface area contributed by atoms with Crippen molar-refractivity contribution >= 4 is 35.1 Å². The summed E-state index contributed by atoms with van der Waals surface area (Å²) >= 11 is 7.29. The van der Waals surface area contributed by atoms with Gasteiger partial charge in [0.1, 0.15) is 0 Å². The number of nitrogens with one attached hydrogen (secondary N) is 1. The molecule has 1 aromatic rings. The Hall–Kier alpha value is -0.870. The molecule has 0 spiro atoms. The first-order valence-corrected chi connectivity index (χ1v) is 8.64. The maximum atomic E-state index is 12.1. The highest BCUT2D eigenvalue weighted by Crippen LogP contribution is 2.39. The molecule has 1 aliphatic carbocycles. The fourth-order valence-electron chi connectivity index (χ4n) is 2.87. The lowest BCUT2D eigenvalue weighted by molar-refractivity contribution is -0.126. The Morgan fingerprint density at radius 1 is 1.33 bits per heavy atom. The molecule has 116 valence electrons. The summed E-state index contributed by atoms with van der Waals surface area (Å²) in [4.78, 5) is 13.0. The van der Waals surface area contributed by atoms with Gasteiger partial charge in [-0.1, -0.05) is 32.4 Å². The van der Waals surface area contributed by atoms with Gasteiger partial charge in [-0.2, -0.15) is 5.10 Å². The van der Waals surface area contributed by atoms with Crippen LogP contribution < -0.4 is 5.43 Å². The highest BCUT2D eigenvalue weighted by molar-refractivity contribution is 7.17. The van der Waals surface area contributed by atoms with E-state index in [0.717, 1.165) is 40.8 Å². The molecule has 0 radical (unpaired) electrons. The predicted molar refractivity (Wildman–Crippen MR) is 90.0 cm³/mol. The van der Waals surface area contributed by atoms with Crippen molar-refractivity contribution in [3.05, 3.63) is 21.3 Å². The zero-order chi connectivity index (χ0) is 15.5. The highest BCUT2D eigenvalue weighted by atomic mass is 35.5. The van der Waals surface area contributed by atoms with Crippen LogP contribution in [0.4, 0.5) is 0 Å². The molecule has 0 unspecified atom stereocenters. The minimum Gasteiger partial charge on any atom is -0.273 e. The van der Waals surface area contributed by atoms with Gasteiger partial charge in [-0.3, -0.25) is 4.79 Å². The van der Waals surface area contributed by atoms with E-state index in [4.69, 9.17) is 11.6 Å². The van der Waals surface area contributed by atoms with Gasteiger partial charge < -0.3 is 0 Å². The number of hydrogen-bond donors (Lipinski definition) is 1. The van der Waals surface area contributed by atoms with Gasteiger partial charge in [-0.25, -0.2) is 5.43 Å². The van der Waals surface area contributed by atoms with Crippen molar-refractivity contribution in [3.63, 3.8) is 0 Å². The number of hydrazone groups is 1. The molecule has 0 bridgehead atoms. The van der Waals surface area contributed by atoms with E-state index in [9.17, 15) is 4.79 Å². The molecule has 5 heteroatoms. The van der Waals surface area contributed by atoms with E-state index in [2.05, 4.69) is 31.3 Å². The molecule has 1 N–H and O–H groups in total. The molecule has 1 aliphatic rings. The Balaban J connectivity index is 1.79. The Bertz CT molecular complexity index is 511. The second-order valence-electron chi connectivity index (χ2n) is 6.79. The zero-order valence-electron chi connectivity index (χ0n) is 12.9. The van der Waals surface area contributed by atoms with Gasteiger partial charge in [-0.05, 0) is 49.1 Å². The summed E-state index contributed by atoms with van der Waals surface area (Å²) in [5, 5.41) is 4.03. The van der Waals surface area contributed by atoms with Crippen LogP contribution in [0.15, 0.2) is 17.2 Å². The van der Waals surface area contributed by atoms with Crippen LogP contribution in [0.5, 0.6) is 0 Å². The molecule has 21 heavy (non-hydrogen) atoms. The standard InChI is InChI=1S/C16H23ClN2OS/c1-16(2,3)12-6-4-11(5-7-12)15(20)19-18-10-13-8-9-14(17)21-13/h8-12H,4-7H2,1-3H3,(H,19,20)/b18-10+. The summed E-state index contributed by atoms with van der Waals surface area (Å²) in [5.41, 5.74) is 3.00. The molecule has 1 amide bonds. The molecule has 1 fully saturated rings. The first-order valence-electron chi connectivity index (χ1n) is 7.44. The third kappa shape index (κ3) is 4.82. The summed E-state index contributed by atoms with van der Waals surface area (Å²) in [6, 6.07) is 3.71. The topological polar surface area (TPSA) is 41.5 Å². The summed E-state index contributed by atoms with van der Waals surface area (Å²) in [7, 11) is 0. The van der Waals surface area contributed by atoms with Crippen LogP contribution in [0.3, 0.4) is 0 Å². The average Bonchev–Trinajstić information content (AvgIpc) is 2.83. The minimum atomic E-state index is 0.0428. The molecule has 1 saturated carbocycles. The smallest absolute Gasteiger partial charge is 0.243 e. The van der Waals surface area contributed by atoms with Crippen molar-refractivity contribution in [3.8, 4) is 0 Å². The fraction of sp³-hybridized carbons (Fsp3) is 0.625. The van der Waals surface area contributed by atoms with E-state index in [0.29, 0.717) is 5.41 Å². The van der Waals surface area contributed by atoms with Crippen LogP contribution >= 0.6 is 22.9 Å². The summed E-state index contributed by atoms with van der Waals surface area (Å²) in [6.45, 7) is 6.86. The molecular formula is C16H23ClN2OS. The Kier molecular flexibility index (Phi) is 5.44.